The number of nitrogens with two attached hydrogens (primary N) is 1. The van der Waals surface area contributed by atoms with Crippen molar-refractivity contribution in [3.63, 3.8) is 0 Å². The second-order valence-corrected chi connectivity index (χ2v) is 4.82. The highest BCUT2D eigenvalue weighted by molar-refractivity contribution is 6.30. The first kappa shape index (κ1) is 14.0. The van der Waals surface area contributed by atoms with Gasteiger partial charge >= 0.3 is 0 Å². The summed E-state index contributed by atoms with van der Waals surface area (Å²) in [5.41, 5.74) is 4.89. The van der Waals surface area contributed by atoms with Gasteiger partial charge in [-0.25, -0.2) is 4.39 Å². The van der Waals surface area contributed by atoms with Crippen molar-refractivity contribution in [2.45, 2.75) is 18.9 Å². The van der Waals surface area contributed by atoms with Crippen molar-refractivity contribution in [1.82, 2.24) is 5.43 Å². The summed E-state index contributed by atoms with van der Waals surface area (Å²) in [4.78, 5) is 0. The summed E-state index contributed by atoms with van der Waals surface area (Å²) in [6.45, 7) is 0. The molecule has 0 aliphatic heterocycles. The van der Waals surface area contributed by atoms with Crippen LogP contribution in [0.3, 0.4) is 0 Å². The van der Waals surface area contributed by atoms with Gasteiger partial charge in [-0.15, -0.1) is 0 Å². The maximum Gasteiger partial charge on any atom is 0.141 e. The maximum atomic E-state index is 13.1. The quantitative estimate of drug-likeness (QED) is 0.648. The molecule has 1 atom stereocenters. The van der Waals surface area contributed by atoms with Crippen LogP contribution in [0.4, 0.5) is 4.39 Å². The third-order valence-electron chi connectivity index (χ3n) is 3.11. The maximum absolute atomic E-state index is 13.1. The second-order valence-electron chi connectivity index (χ2n) is 4.42. The van der Waals surface area contributed by atoms with Crippen molar-refractivity contribution >= 4 is 11.6 Å². The Bertz CT molecular complexity index is 531. The van der Waals surface area contributed by atoms with E-state index in [-0.39, 0.29) is 11.1 Å². The average Bonchev–Trinajstić information content (AvgIpc) is 2.44. The van der Waals surface area contributed by atoms with Crippen molar-refractivity contribution < 1.29 is 4.39 Å². The molecule has 0 spiro atoms. The van der Waals surface area contributed by atoms with Gasteiger partial charge in [0.05, 0.1) is 5.02 Å². The zero-order chi connectivity index (χ0) is 13.7. The number of rotatable bonds is 5. The van der Waals surface area contributed by atoms with Crippen LogP contribution < -0.4 is 11.3 Å². The first-order chi connectivity index (χ1) is 9.20. The van der Waals surface area contributed by atoms with Crippen LogP contribution >= 0.6 is 11.6 Å². The van der Waals surface area contributed by atoms with Crippen molar-refractivity contribution in [2.75, 3.05) is 0 Å². The first-order valence-electron chi connectivity index (χ1n) is 6.15. The molecule has 4 heteroatoms. The Labute approximate surface area is 117 Å². The molecule has 0 aliphatic carbocycles. The van der Waals surface area contributed by atoms with Gasteiger partial charge in [0.25, 0.3) is 0 Å². The number of halogens is 2. The monoisotopic (exact) mass is 278 g/mol. The minimum atomic E-state index is -0.413. The molecule has 0 saturated carbocycles. The Morgan fingerprint density at radius 3 is 2.53 bits per heavy atom. The van der Waals surface area contributed by atoms with E-state index in [2.05, 4.69) is 17.6 Å². The van der Waals surface area contributed by atoms with Gasteiger partial charge in [0, 0.05) is 6.04 Å². The van der Waals surface area contributed by atoms with Gasteiger partial charge in [0.15, 0.2) is 0 Å². The van der Waals surface area contributed by atoms with E-state index in [0.717, 1.165) is 18.4 Å². The van der Waals surface area contributed by atoms with E-state index >= 15 is 0 Å². The molecular formula is C15H16ClFN2. The lowest BCUT2D eigenvalue weighted by Crippen LogP contribution is -2.28. The summed E-state index contributed by atoms with van der Waals surface area (Å²) < 4.78 is 13.1. The van der Waals surface area contributed by atoms with Crippen LogP contribution in [0.15, 0.2) is 48.5 Å². The molecule has 0 amide bonds. The highest BCUT2D eigenvalue weighted by Crippen LogP contribution is 2.23. The van der Waals surface area contributed by atoms with E-state index in [0.29, 0.717) is 0 Å². The van der Waals surface area contributed by atoms with Crippen molar-refractivity contribution in [2.24, 2.45) is 5.84 Å². The van der Waals surface area contributed by atoms with Crippen LogP contribution in [-0.4, -0.2) is 0 Å². The lowest BCUT2D eigenvalue weighted by Gasteiger charge is -2.16. The molecule has 3 N–H and O–H groups in total. The second kappa shape index (κ2) is 6.66. The van der Waals surface area contributed by atoms with Crippen LogP contribution in [0, 0.1) is 5.82 Å². The molecular weight excluding hydrogens is 263 g/mol. The van der Waals surface area contributed by atoms with Crippen LogP contribution in [0.2, 0.25) is 5.02 Å². The number of hydrogen-bond donors (Lipinski definition) is 2. The summed E-state index contributed by atoms with van der Waals surface area (Å²) in [5, 5.41) is 0.123. The molecule has 0 saturated heterocycles. The topological polar surface area (TPSA) is 38.0 Å². The minimum Gasteiger partial charge on any atom is -0.271 e. The van der Waals surface area contributed by atoms with Gasteiger partial charge < -0.3 is 0 Å². The standard InChI is InChI=1S/C15H16ClFN2/c16-13-10-12(7-8-14(13)17)15(19-18)9-6-11-4-2-1-3-5-11/h1-5,7-8,10,15,19H,6,9,18H2. The van der Waals surface area contributed by atoms with Crippen LogP contribution in [0.1, 0.15) is 23.6 Å². The molecule has 19 heavy (non-hydrogen) atoms. The highest BCUT2D eigenvalue weighted by Gasteiger charge is 2.11. The number of hydrazine groups is 1. The van der Waals surface area contributed by atoms with E-state index in [1.54, 1.807) is 12.1 Å². The molecule has 2 rings (SSSR count). The molecule has 0 radical (unpaired) electrons. The molecule has 0 fully saturated rings. The molecule has 0 bridgehead atoms. The first-order valence-corrected chi connectivity index (χ1v) is 6.53. The normalized spacial score (nSPS) is 12.4. The largest absolute Gasteiger partial charge is 0.271 e. The fourth-order valence-corrected chi connectivity index (χ4v) is 2.22. The van der Waals surface area contributed by atoms with Crippen LogP contribution in [-0.2, 0) is 6.42 Å². The SMILES string of the molecule is NNC(CCc1ccccc1)c1ccc(F)c(Cl)c1. The number of hydrogen-bond acceptors (Lipinski definition) is 2. The van der Waals surface area contributed by atoms with Crippen LogP contribution in [0.25, 0.3) is 0 Å². The summed E-state index contributed by atoms with van der Waals surface area (Å²) in [6, 6.07) is 14.8. The fourth-order valence-electron chi connectivity index (χ4n) is 2.03. The van der Waals surface area contributed by atoms with Gasteiger partial charge in [-0.05, 0) is 36.1 Å². The minimum absolute atomic E-state index is 0.0432. The predicted molar refractivity (Wildman–Crippen MR) is 76.2 cm³/mol. The lowest BCUT2D eigenvalue weighted by atomic mass is 9.99. The summed E-state index contributed by atoms with van der Waals surface area (Å²) in [5.74, 6) is 5.16. The molecule has 0 heterocycles. The zero-order valence-electron chi connectivity index (χ0n) is 10.4. The molecule has 2 aromatic carbocycles. The van der Waals surface area contributed by atoms with Gasteiger partial charge in [0.2, 0.25) is 0 Å². The van der Waals surface area contributed by atoms with E-state index in [4.69, 9.17) is 17.4 Å². The molecule has 0 aliphatic rings. The van der Waals surface area contributed by atoms with Crippen LogP contribution in [0.5, 0.6) is 0 Å². The zero-order valence-corrected chi connectivity index (χ0v) is 11.2. The summed E-state index contributed by atoms with van der Waals surface area (Å²) in [6.07, 6.45) is 1.72. The van der Waals surface area contributed by atoms with Crippen molar-refractivity contribution in [1.29, 1.82) is 0 Å². The van der Waals surface area contributed by atoms with Gasteiger partial charge in [-0.1, -0.05) is 48.0 Å². The van der Waals surface area contributed by atoms with Gasteiger partial charge in [-0.2, -0.15) is 0 Å². The van der Waals surface area contributed by atoms with Gasteiger partial charge in [-0.3, -0.25) is 11.3 Å². The van der Waals surface area contributed by atoms with Crippen molar-refractivity contribution in [3.05, 3.63) is 70.5 Å². The molecule has 0 aromatic heterocycles. The molecule has 100 valence electrons. The van der Waals surface area contributed by atoms with E-state index < -0.39 is 5.82 Å². The highest BCUT2D eigenvalue weighted by atomic mass is 35.5. The van der Waals surface area contributed by atoms with E-state index in [1.165, 1.54) is 11.6 Å². The van der Waals surface area contributed by atoms with Crippen molar-refractivity contribution in [3.8, 4) is 0 Å². The third-order valence-corrected chi connectivity index (χ3v) is 3.40. The van der Waals surface area contributed by atoms with E-state index in [9.17, 15) is 4.39 Å². The molecule has 2 nitrogen and oxygen atoms in total. The molecule has 1 unspecified atom stereocenters. The van der Waals surface area contributed by atoms with Gasteiger partial charge in [0.1, 0.15) is 5.82 Å². The Morgan fingerprint density at radius 2 is 1.89 bits per heavy atom. The number of nitrogens with one attached hydrogen (secondary N) is 1. The average molecular weight is 279 g/mol. The smallest absolute Gasteiger partial charge is 0.141 e. The Hall–Kier alpha value is -1.42. The van der Waals surface area contributed by atoms with E-state index in [1.807, 2.05) is 18.2 Å². The lowest BCUT2D eigenvalue weighted by molar-refractivity contribution is 0.515. The predicted octanol–water partition coefficient (Wildman–Crippen LogP) is 3.62. The Balaban J connectivity index is 2.05. The Kier molecular flexibility index (Phi) is 4.91. The summed E-state index contributed by atoms with van der Waals surface area (Å²) >= 11 is 5.79. The summed E-state index contributed by atoms with van der Waals surface area (Å²) in [7, 11) is 0. The Morgan fingerprint density at radius 1 is 1.16 bits per heavy atom. The third kappa shape index (κ3) is 3.77. The fraction of sp³-hybridized carbons (Fsp3) is 0.200. The molecule has 2 aromatic rings. The number of benzene rings is 2. The number of aryl methyl sites for hydroxylation is 1.